The molecule has 0 aromatic carbocycles. The second-order valence-corrected chi connectivity index (χ2v) is 3.76. The Labute approximate surface area is 98.7 Å². The van der Waals surface area contributed by atoms with Crippen molar-refractivity contribution in [3.8, 4) is 0 Å². The highest BCUT2D eigenvalue weighted by Crippen LogP contribution is 2.09. The predicted molar refractivity (Wildman–Crippen MR) is 65.5 cm³/mol. The normalized spacial score (nSPS) is 12.5. The minimum Gasteiger partial charge on any atom is -0.385 e. The molecule has 0 bridgehead atoms. The van der Waals surface area contributed by atoms with E-state index < -0.39 is 0 Å². The van der Waals surface area contributed by atoms with Crippen LogP contribution in [0.1, 0.15) is 19.3 Å². The summed E-state index contributed by atoms with van der Waals surface area (Å²) in [5.74, 6) is 0. The van der Waals surface area contributed by atoms with Gasteiger partial charge in [0, 0.05) is 47.2 Å². The summed E-state index contributed by atoms with van der Waals surface area (Å²) in [5.41, 5.74) is 7.26. The first-order chi connectivity index (χ1) is 7.74. The standard InChI is InChI=1S/C12H25NO3/c1-14-7-4-11(5-8-15-2)10-12(13)6-9-16-3/h10,12H,4-9,13H2,1-3H3. The largest absolute Gasteiger partial charge is 0.385 e. The molecular formula is C12H25NO3. The Morgan fingerprint density at radius 3 is 1.94 bits per heavy atom. The first-order valence-corrected chi connectivity index (χ1v) is 5.66. The quantitative estimate of drug-likeness (QED) is 0.577. The second-order valence-electron chi connectivity index (χ2n) is 3.76. The molecule has 0 radical (unpaired) electrons. The van der Waals surface area contributed by atoms with E-state index in [-0.39, 0.29) is 6.04 Å². The number of methoxy groups -OCH3 is 3. The lowest BCUT2D eigenvalue weighted by atomic mass is 10.1. The smallest absolute Gasteiger partial charge is 0.0499 e. The van der Waals surface area contributed by atoms with Crippen molar-refractivity contribution in [1.82, 2.24) is 0 Å². The van der Waals surface area contributed by atoms with Crippen LogP contribution < -0.4 is 5.73 Å². The molecule has 0 spiro atoms. The lowest BCUT2D eigenvalue weighted by molar-refractivity contribution is 0.186. The lowest BCUT2D eigenvalue weighted by Gasteiger charge is -2.11. The number of hydrogen-bond acceptors (Lipinski definition) is 4. The van der Waals surface area contributed by atoms with Crippen LogP contribution in [-0.4, -0.2) is 47.2 Å². The number of hydrogen-bond donors (Lipinski definition) is 1. The van der Waals surface area contributed by atoms with Crippen molar-refractivity contribution in [1.29, 1.82) is 0 Å². The van der Waals surface area contributed by atoms with Gasteiger partial charge in [-0.2, -0.15) is 0 Å². The van der Waals surface area contributed by atoms with E-state index in [1.807, 2.05) is 0 Å². The fraction of sp³-hybridized carbons (Fsp3) is 0.833. The second kappa shape index (κ2) is 11.1. The van der Waals surface area contributed by atoms with E-state index >= 15 is 0 Å². The first kappa shape index (κ1) is 15.6. The first-order valence-electron chi connectivity index (χ1n) is 5.66. The van der Waals surface area contributed by atoms with Gasteiger partial charge in [0.05, 0.1) is 0 Å². The molecule has 96 valence electrons. The third kappa shape index (κ3) is 8.85. The Kier molecular flexibility index (Phi) is 10.8. The van der Waals surface area contributed by atoms with Crippen LogP contribution in [0.3, 0.4) is 0 Å². The van der Waals surface area contributed by atoms with Gasteiger partial charge in [-0.3, -0.25) is 0 Å². The van der Waals surface area contributed by atoms with Crippen LogP contribution in [0.4, 0.5) is 0 Å². The van der Waals surface area contributed by atoms with Crippen molar-refractivity contribution in [2.75, 3.05) is 41.2 Å². The van der Waals surface area contributed by atoms with Gasteiger partial charge in [0.25, 0.3) is 0 Å². The maximum atomic E-state index is 5.97. The third-order valence-corrected chi connectivity index (χ3v) is 2.36. The predicted octanol–water partition coefficient (Wildman–Crippen LogP) is 1.35. The maximum Gasteiger partial charge on any atom is 0.0499 e. The summed E-state index contributed by atoms with van der Waals surface area (Å²) in [4.78, 5) is 0. The number of nitrogens with two attached hydrogens (primary N) is 1. The molecule has 0 aromatic heterocycles. The highest BCUT2D eigenvalue weighted by atomic mass is 16.5. The van der Waals surface area contributed by atoms with Crippen LogP contribution in [0.15, 0.2) is 11.6 Å². The molecule has 0 saturated carbocycles. The van der Waals surface area contributed by atoms with Gasteiger partial charge >= 0.3 is 0 Å². The monoisotopic (exact) mass is 231 g/mol. The minimum atomic E-state index is 0.0589. The van der Waals surface area contributed by atoms with Crippen molar-refractivity contribution in [2.45, 2.75) is 25.3 Å². The van der Waals surface area contributed by atoms with Crippen LogP contribution in [-0.2, 0) is 14.2 Å². The van der Waals surface area contributed by atoms with Crippen LogP contribution in [0.25, 0.3) is 0 Å². The maximum absolute atomic E-state index is 5.97. The Morgan fingerprint density at radius 2 is 1.50 bits per heavy atom. The Bertz CT molecular complexity index is 173. The van der Waals surface area contributed by atoms with Crippen LogP contribution in [0.5, 0.6) is 0 Å². The van der Waals surface area contributed by atoms with E-state index in [1.54, 1.807) is 21.3 Å². The molecule has 4 heteroatoms. The van der Waals surface area contributed by atoms with Crippen molar-refractivity contribution in [2.24, 2.45) is 5.73 Å². The molecule has 0 aliphatic heterocycles. The number of ether oxygens (including phenoxy) is 3. The number of rotatable bonds is 10. The molecule has 1 atom stereocenters. The fourth-order valence-electron chi connectivity index (χ4n) is 1.40. The van der Waals surface area contributed by atoms with Gasteiger partial charge in [0.2, 0.25) is 0 Å². The Balaban J connectivity index is 4.06. The highest BCUT2D eigenvalue weighted by Gasteiger charge is 2.03. The molecule has 4 nitrogen and oxygen atoms in total. The summed E-state index contributed by atoms with van der Waals surface area (Å²) in [6.45, 7) is 2.15. The van der Waals surface area contributed by atoms with E-state index in [1.165, 1.54) is 5.57 Å². The summed E-state index contributed by atoms with van der Waals surface area (Å²) >= 11 is 0. The van der Waals surface area contributed by atoms with Crippen LogP contribution in [0, 0.1) is 0 Å². The molecule has 1 unspecified atom stereocenters. The van der Waals surface area contributed by atoms with Gasteiger partial charge < -0.3 is 19.9 Å². The lowest BCUT2D eigenvalue weighted by Crippen LogP contribution is -2.20. The topological polar surface area (TPSA) is 53.7 Å². The molecule has 0 aromatic rings. The molecule has 0 amide bonds. The zero-order valence-corrected chi connectivity index (χ0v) is 10.7. The summed E-state index contributed by atoms with van der Waals surface area (Å²) in [5, 5.41) is 0. The highest BCUT2D eigenvalue weighted by molar-refractivity contribution is 5.06. The molecule has 2 N–H and O–H groups in total. The van der Waals surface area contributed by atoms with E-state index in [0.29, 0.717) is 6.61 Å². The van der Waals surface area contributed by atoms with Gasteiger partial charge in [-0.05, 0) is 19.3 Å². The molecule has 0 heterocycles. The summed E-state index contributed by atoms with van der Waals surface area (Å²) in [6.07, 6.45) is 4.79. The van der Waals surface area contributed by atoms with E-state index in [0.717, 1.165) is 32.5 Å². The Morgan fingerprint density at radius 1 is 1.00 bits per heavy atom. The third-order valence-electron chi connectivity index (χ3n) is 2.36. The zero-order chi connectivity index (χ0) is 12.2. The van der Waals surface area contributed by atoms with Crippen LogP contribution in [0.2, 0.25) is 0 Å². The van der Waals surface area contributed by atoms with Gasteiger partial charge in [-0.1, -0.05) is 11.6 Å². The van der Waals surface area contributed by atoms with Gasteiger partial charge in [-0.25, -0.2) is 0 Å². The molecule has 0 fully saturated rings. The average molecular weight is 231 g/mol. The SMILES string of the molecule is COCCC(=CC(N)CCOC)CCOC. The average Bonchev–Trinajstić information content (AvgIpc) is 2.30. The van der Waals surface area contributed by atoms with Crippen molar-refractivity contribution >= 4 is 0 Å². The molecule has 0 aliphatic carbocycles. The van der Waals surface area contributed by atoms with E-state index in [2.05, 4.69) is 6.08 Å². The molecular weight excluding hydrogens is 206 g/mol. The van der Waals surface area contributed by atoms with E-state index in [4.69, 9.17) is 19.9 Å². The van der Waals surface area contributed by atoms with Crippen molar-refractivity contribution in [3.05, 3.63) is 11.6 Å². The molecule has 0 aliphatic rings. The van der Waals surface area contributed by atoms with Gasteiger partial charge in [0.15, 0.2) is 0 Å². The summed E-state index contributed by atoms with van der Waals surface area (Å²) in [7, 11) is 5.10. The van der Waals surface area contributed by atoms with Gasteiger partial charge in [0.1, 0.15) is 0 Å². The summed E-state index contributed by atoms with van der Waals surface area (Å²) in [6, 6.07) is 0.0589. The van der Waals surface area contributed by atoms with E-state index in [9.17, 15) is 0 Å². The Hall–Kier alpha value is -0.420. The fourth-order valence-corrected chi connectivity index (χ4v) is 1.40. The van der Waals surface area contributed by atoms with Gasteiger partial charge in [-0.15, -0.1) is 0 Å². The van der Waals surface area contributed by atoms with Crippen LogP contribution >= 0.6 is 0 Å². The molecule has 0 rings (SSSR count). The molecule has 0 saturated heterocycles. The zero-order valence-electron chi connectivity index (χ0n) is 10.7. The van der Waals surface area contributed by atoms with Crippen molar-refractivity contribution < 1.29 is 14.2 Å². The molecule has 16 heavy (non-hydrogen) atoms. The van der Waals surface area contributed by atoms with Crippen molar-refractivity contribution in [3.63, 3.8) is 0 Å². The minimum absolute atomic E-state index is 0.0589. The summed E-state index contributed by atoms with van der Waals surface area (Å²) < 4.78 is 15.1.